The molecule has 0 saturated heterocycles. The van der Waals surface area contributed by atoms with Gasteiger partial charge >= 0.3 is 0 Å². The molecule has 0 radical (unpaired) electrons. The minimum atomic E-state index is -0.301. The van der Waals surface area contributed by atoms with Crippen molar-refractivity contribution in [2.75, 3.05) is 0 Å². The van der Waals surface area contributed by atoms with Gasteiger partial charge in [-0.1, -0.05) is 83.9 Å². The number of halogens is 2. The van der Waals surface area contributed by atoms with Gasteiger partial charge < -0.3 is 4.57 Å². The van der Waals surface area contributed by atoms with E-state index >= 15 is 0 Å². The summed E-state index contributed by atoms with van der Waals surface area (Å²) in [6.07, 6.45) is 0. The molecule has 0 aliphatic rings. The lowest BCUT2D eigenvalue weighted by Crippen LogP contribution is -2.19. The van der Waals surface area contributed by atoms with Crippen molar-refractivity contribution in [3.8, 4) is 22.3 Å². The fourth-order valence-corrected chi connectivity index (χ4v) is 3.08. The van der Waals surface area contributed by atoms with E-state index in [1.165, 1.54) is 4.57 Å². The summed E-state index contributed by atoms with van der Waals surface area (Å²) in [6, 6.07) is 19.3. The molecule has 0 fully saturated rings. The van der Waals surface area contributed by atoms with Gasteiger partial charge in [0.05, 0.1) is 0 Å². The van der Waals surface area contributed by atoms with Gasteiger partial charge in [0, 0.05) is 18.2 Å². The summed E-state index contributed by atoms with van der Waals surface area (Å²) in [5.41, 5.74) is 2.92. The van der Waals surface area contributed by atoms with Crippen LogP contribution in [0.1, 0.15) is 0 Å². The van der Waals surface area contributed by atoms with Crippen LogP contribution in [0.15, 0.2) is 65.5 Å². The van der Waals surface area contributed by atoms with Crippen LogP contribution >= 0.6 is 23.2 Å². The molecule has 4 heteroatoms. The topological polar surface area (TPSA) is 22.0 Å². The number of pyridine rings is 1. The Labute approximate surface area is 138 Å². The summed E-state index contributed by atoms with van der Waals surface area (Å²) in [5, 5.41) is 0.552. The highest BCUT2D eigenvalue weighted by molar-refractivity contribution is 6.37. The first-order chi connectivity index (χ1) is 10.6. The zero-order chi connectivity index (χ0) is 15.7. The lowest BCUT2D eigenvalue weighted by Gasteiger charge is -2.16. The summed E-state index contributed by atoms with van der Waals surface area (Å²) in [6.45, 7) is 0. The fourth-order valence-electron chi connectivity index (χ4n) is 2.47. The average molecular weight is 330 g/mol. The van der Waals surface area contributed by atoms with Crippen LogP contribution in [0, 0.1) is 0 Å². The summed E-state index contributed by atoms with van der Waals surface area (Å²) >= 11 is 12.8. The van der Waals surface area contributed by atoms with Crippen molar-refractivity contribution in [1.82, 2.24) is 4.57 Å². The van der Waals surface area contributed by atoms with Crippen LogP contribution in [0.2, 0.25) is 10.2 Å². The number of hydrogen-bond acceptors (Lipinski definition) is 1. The van der Waals surface area contributed by atoms with Gasteiger partial charge in [0.15, 0.2) is 0 Å². The molecule has 1 aromatic heterocycles. The van der Waals surface area contributed by atoms with Crippen LogP contribution in [0.3, 0.4) is 0 Å². The quantitative estimate of drug-likeness (QED) is 0.604. The number of nitrogens with zero attached hydrogens (tertiary/aromatic N) is 1. The van der Waals surface area contributed by atoms with E-state index < -0.39 is 0 Å². The second-order valence-corrected chi connectivity index (χ2v) is 5.69. The highest BCUT2D eigenvalue weighted by atomic mass is 35.5. The Morgan fingerprint density at radius 2 is 1.23 bits per heavy atom. The first-order valence-corrected chi connectivity index (χ1v) is 7.55. The van der Waals surface area contributed by atoms with E-state index in [2.05, 4.69) is 0 Å². The van der Waals surface area contributed by atoms with Crippen molar-refractivity contribution in [1.29, 1.82) is 0 Å². The average Bonchev–Trinajstić information content (AvgIpc) is 2.57. The van der Waals surface area contributed by atoms with Crippen LogP contribution in [0.25, 0.3) is 22.3 Å². The molecule has 1 heterocycles. The van der Waals surface area contributed by atoms with Crippen LogP contribution in [0.4, 0.5) is 0 Å². The molecule has 110 valence electrons. The first kappa shape index (κ1) is 14.9. The van der Waals surface area contributed by atoms with E-state index in [1.54, 1.807) is 7.05 Å². The van der Waals surface area contributed by atoms with E-state index in [0.717, 1.165) is 16.7 Å². The highest BCUT2D eigenvalue weighted by Gasteiger charge is 2.20. The molecule has 0 unspecified atom stereocenters. The molecule has 2 aromatic carbocycles. The molecule has 0 bridgehead atoms. The predicted octanol–water partition coefficient (Wildman–Crippen LogP) is 5.03. The summed E-state index contributed by atoms with van der Waals surface area (Å²) < 4.78 is 1.37. The molecule has 3 aromatic rings. The molecule has 3 rings (SSSR count). The fraction of sp³-hybridized carbons (Fsp3) is 0.0556. The number of aromatic nitrogens is 1. The van der Waals surface area contributed by atoms with Crippen LogP contribution in [-0.4, -0.2) is 4.57 Å². The molecule has 0 atom stereocenters. The molecule has 0 saturated carbocycles. The van der Waals surface area contributed by atoms with Gasteiger partial charge in [-0.25, -0.2) is 0 Å². The third kappa shape index (κ3) is 2.45. The van der Waals surface area contributed by atoms with Crippen LogP contribution < -0.4 is 5.56 Å². The zero-order valence-corrected chi connectivity index (χ0v) is 13.4. The van der Waals surface area contributed by atoms with Crippen molar-refractivity contribution in [3.05, 3.63) is 81.2 Å². The lowest BCUT2D eigenvalue weighted by atomic mass is 9.96. The zero-order valence-electron chi connectivity index (χ0n) is 11.9. The normalized spacial score (nSPS) is 10.7. The monoisotopic (exact) mass is 329 g/mol. The molecular weight excluding hydrogens is 317 g/mol. The third-order valence-electron chi connectivity index (χ3n) is 3.59. The van der Waals surface area contributed by atoms with Gasteiger partial charge in [0.1, 0.15) is 10.2 Å². The molecule has 22 heavy (non-hydrogen) atoms. The van der Waals surface area contributed by atoms with Gasteiger partial charge in [0.25, 0.3) is 5.56 Å². The van der Waals surface area contributed by atoms with Crippen LogP contribution in [0.5, 0.6) is 0 Å². The number of benzene rings is 2. The maximum atomic E-state index is 12.3. The second kappa shape index (κ2) is 5.99. The maximum absolute atomic E-state index is 12.3. The highest BCUT2D eigenvalue weighted by Crippen LogP contribution is 2.39. The summed E-state index contributed by atoms with van der Waals surface area (Å²) in [4.78, 5) is 12.3. The third-order valence-corrected chi connectivity index (χ3v) is 4.38. The molecular formula is C18H13Cl2NO. The van der Waals surface area contributed by atoms with Crippen molar-refractivity contribution in [2.24, 2.45) is 7.05 Å². The van der Waals surface area contributed by atoms with E-state index in [0.29, 0.717) is 10.7 Å². The Bertz CT molecular complexity index is 871. The summed E-state index contributed by atoms with van der Waals surface area (Å²) in [5.74, 6) is 0. The Morgan fingerprint density at radius 1 is 0.773 bits per heavy atom. The Kier molecular flexibility index (Phi) is 4.06. The van der Waals surface area contributed by atoms with Crippen LogP contribution in [-0.2, 0) is 7.05 Å². The van der Waals surface area contributed by atoms with E-state index in [1.807, 2.05) is 60.7 Å². The smallest absolute Gasteiger partial charge is 0.270 e. The number of hydrogen-bond donors (Lipinski definition) is 0. The molecule has 0 amide bonds. The van der Waals surface area contributed by atoms with E-state index in [9.17, 15) is 4.79 Å². The summed E-state index contributed by atoms with van der Waals surface area (Å²) in [7, 11) is 1.62. The van der Waals surface area contributed by atoms with Crippen molar-refractivity contribution in [2.45, 2.75) is 0 Å². The Morgan fingerprint density at radius 3 is 1.73 bits per heavy atom. The standard InChI is InChI=1S/C18H13Cl2NO/c1-21-17(20)15(13-10-6-3-7-11-13)14(16(19)18(21)22)12-8-4-2-5-9-12/h2-11H,1H3. The molecule has 0 aliphatic heterocycles. The van der Waals surface area contributed by atoms with Crippen molar-refractivity contribution < 1.29 is 0 Å². The molecule has 0 aliphatic carbocycles. The number of rotatable bonds is 2. The Hall–Kier alpha value is -2.03. The minimum absolute atomic E-state index is 0.178. The first-order valence-electron chi connectivity index (χ1n) is 6.80. The van der Waals surface area contributed by atoms with Gasteiger partial charge in [-0.2, -0.15) is 0 Å². The van der Waals surface area contributed by atoms with Crippen molar-refractivity contribution in [3.63, 3.8) is 0 Å². The van der Waals surface area contributed by atoms with Crippen molar-refractivity contribution >= 4 is 23.2 Å². The lowest BCUT2D eigenvalue weighted by molar-refractivity contribution is 0.864. The van der Waals surface area contributed by atoms with E-state index in [4.69, 9.17) is 23.2 Å². The SMILES string of the molecule is Cn1c(Cl)c(-c2ccccc2)c(-c2ccccc2)c(Cl)c1=O. The van der Waals surface area contributed by atoms with Gasteiger partial charge in [0.2, 0.25) is 0 Å². The Balaban J connectivity index is 2.45. The predicted molar refractivity (Wildman–Crippen MR) is 92.6 cm³/mol. The maximum Gasteiger partial charge on any atom is 0.270 e. The van der Waals surface area contributed by atoms with E-state index in [-0.39, 0.29) is 10.6 Å². The molecule has 0 N–H and O–H groups in total. The molecule has 2 nitrogen and oxygen atoms in total. The molecule has 0 spiro atoms. The minimum Gasteiger partial charge on any atom is -0.300 e. The largest absolute Gasteiger partial charge is 0.300 e. The van der Waals surface area contributed by atoms with Gasteiger partial charge in [-0.05, 0) is 11.1 Å². The second-order valence-electron chi connectivity index (χ2n) is 4.95. The van der Waals surface area contributed by atoms with Gasteiger partial charge in [-0.3, -0.25) is 4.79 Å². The van der Waals surface area contributed by atoms with Gasteiger partial charge in [-0.15, -0.1) is 0 Å².